The van der Waals surface area contributed by atoms with Gasteiger partial charge in [0.2, 0.25) is 0 Å². The molecular formula is C18H27ClN2O2S2. The molecule has 2 fully saturated rings. The van der Waals surface area contributed by atoms with Crippen molar-refractivity contribution in [2.24, 2.45) is 11.7 Å². The second-order valence-electron chi connectivity index (χ2n) is 6.39. The molecule has 1 aliphatic heterocycles. The van der Waals surface area contributed by atoms with E-state index in [0.29, 0.717) is 17.0 Å². The first-order chi connectivity index (χ1) is 11.8. The highest BCUT2D eigenvalue weighted by atomic mass is 35.5. The number of benzene rings is 1. The first-order valence-corrected chi connectivity index (χ1v) is 10.8. The Bertz CT molecular complexity index is 538. The SMILES string of the molecule is Cl.NCC1CCCC1NC(=O)COc1ccc(C2SCCCS2)cc1. The van der Waals surface area contributed by atoms with Crippen LogP contribution in [0.5, 0.6) is 5.75 Å². The molecule has 3 rings (SSSR count). The van der Waals surface area contributed by atoms with Crippen LogP contribution in [0, 0.1) is 5.92 Å². The standard InChI is InChI=1S/C18H26N2O2S2.ClH/c19-11-14-3-1-4-16(14)20-17(21)12-22-15-7-5-13(6-8-15)18-23-9-2-10-24-18;/h5-8,14,16,18H,1-4,9-12,19H2,(H,20,21);1H. The van der Waals surface area contributed by atoms with Gasteiger partial charge in [0.15, 0.2) is 6.61 Å². The largest absolute Gasteiger partial charge is 0.484 e. The summed E-state index contributed by atoms with van der Waals surface area (Å²) in [7, 11) is 0. The summed E-state index contributed by atoms with van der Waals surface area (Å²) in [5, 5.41) is 3.06. The van der Waals surface area contributed by atoms with Crippen LogP contribution in [0.25, 0.3) is 0 Å². The number of nitrogens with one attached hydrogen (secondary N) is 1. The van der Waals surface area contributed by atoms with E-state index >= 15 is 0 Å². The topological polar surface area (TPSA) is 64.3 Å². The Morgan fingerprint density at radius 3 is 2.56 bits per heavy atom. The fourth-order valence-corrected chi connectivity index (χ4v) is 6.20. The van der Waals surface area contributed by atoms with Gasteiger partial charge in [-0.3, -0.25) is 4.79 Å². The van der Waals surface area contributed by atoms with Crippen LogP contribution < -0.4 is 15.8 Å². The summed E-state index contributed by atoms with van der Waals surface area (Å²) in [6.45, 7) is 0.713. The molecule has 1 heterocycles. The quantitative estimate of drug-likeness (QED) is 0.761. The smallest absolute Gasteiger partial charge is 0.258 e. The third-order valence-electron chi connectivity index (χ3n) is 4.66. The lowest BCUT2D eigenvalue weighted by Gasteiger charge is -2.21. The number of carbonyl (C=O) groups is 1. The van der Waals surface area contributed by atoms with Crippen molar-refractivity contribution in [1.82, 2.24) is 5.32 Å². The van der Waals surface area contributed by atoms with Gasteiger partial charge in [0, 0.05) is 6.04 Å². The molecule has 1 aromatic carbocycles. The van der Waals surface area contributed by atoms with Gasteiger partial charge in [-0.05, 0) is 60.9 Å². The number of thioether (sulfide) groups is 2. The molecule has 1 saturated carbocycles. The molecule has 1 saturated heterocycles. The van der Waals surface area contributed by atoms with E-state index in [4.69, 9.17) is 10.5 Å². The third-order valence-corrected chi connectivity index (χ3v) is 7.67. The van der Waals surface area contributed by atoms with Crippen molar-refractivity contribution in [1.29, 1.82) is 0 Å². The lowest BCUT2D eigenvalue weighted by Crippen LogP contribution is -2.42. The van der Waals surface area contributed by atoms with E-state index in [1.807, 2.05) is 35.7 Å². The van der Waals surface area contributed by atoms with Gasteiger partial charge < -0.3 is 15.8 Å². The van der Waals surface area contributed by atoms with Crippen molar-refractivity contribution in [2.45, 2.75) is 36.3 Å². The molecule has 0 bridgehead atoms. The molecule has 1 amide bonds. The van der Waals surface area contributed by atoms with Gasteiger partial charge in [0.1, 0.15) is 5.75 Å². The Hall–Kier alpha value is -0.560. The van der Waals surface area contributed by atoms with Crippen LogP contribution in [-0.4, -0.2) is 36.6 Å². The molecule has 0 spiro atoms. The van der Waals surface area contributed by atoms with Crippen LogP contribution in [0.2, 0.25) is 0 Å². The van der Waals surface area contributed by atoms with E-state index < -0.39 is 0 Å². The maximum atomic E-state index is 12.1. The third kappa shape index (κ3) is 5.98. The molecule has 140 valence electrons. The van der Waals surface area contributed by atoms with Crippen LogP contribution in [0.4, 0.5) is 0 Å². The fourth-order valence-electron chi connectivity index (χ4n) is 3.31. The minimum atomic E-state index is -0.0529. The molecule has 7 heteroatoms. The maximum absolute atomic E-state index is 12.1. The lowest BCUT2D eigenvalue weighted by molar-refractivity contribution is -0.124. The first-order valence-electron chi connectivity index (χ1n) is 8.71. The van der Waals surface area contributed by atoms with Crippen LogP contribution in [0.3, 0.4) is 0 Å². The molecule has 4 nitrogen and oxygen atoms in total. The molecule has 0 radical (unpaired) electrons. The van der Waals surface area contributed by atoms with Gasteiger partial charge in [0.25, 0.3) is 5.91 Å². The average molecular weight is 403 g/mol. The van der Waals surface area contributed by atoms with E-state index in [1.54, 1.807) is 0 Å². The van der Waals surface area contributed by atoms with Crippen molar-refractivity contribution in [3.63, 3.8) is 0 Å². The highest BCUT2D eigenvalue weighted by Gasteiger charge is 2.27. The van der Waals surface area contributed by atoms with Crippen LogP contribution in [0.15, 0.2) is 24.3 Å². The van der Waals surface area contributed by atoms with Gasteiger partial charge >= 0.3 is 0 Å². The average Bonchev–Trinajstić information content (AvgIpc) is 3.08. The summed E-state index contributed by atoms with van der Waals surface area (Å²) in [5.41, 5.74) is 7.09. The summed E-state index contributed by atoms with van der Waals surface area (Å²) >= 11 is 4.02. The zero-order valence-corrected chi connectivity index (χ0v) is 16.8. The van der Waals surface area contributed by atoms with E-state index in [-0.39, 0.29) is 31.0 Å². The molecule has 0 aromatic heterocycles. The predicted octanol–water partition coefficient (Wildman–Crippen LogP) is 3.60. The van der Waals surface area contributed by atoms with Crippen LogP contribution >= 0.6 is 35.9 Å². The number of carbonyl (C=O) groups excluding carboxylic acids is 1. The summed E-state index contributed by atoms with van der Waals surface area (Å²) in [6, 6.07) is 8.39. The van der Waals surface area contributed by atoms with Crippen molar-refractivity contribution in [2.75, 3.05) is 24.7 Å². The highest BCUT2D eigenvalue weighted by Crippen LogP contribution is 2.43. The second kappa shape index (κ2) is 10.6. The van der Waals surface area contributed by atoms with E-state index in [1.165, 1.54) is 23.5 Å². The zero-order valence-electron chi connectivity index (χ0n) is 14.3. The fraction of sp³-hybridized carbons (Fsp3) is 0.611. The van der Waals surface area contributed by atoms with Crippen LogP contribution in [0.1, 0.15) is 35.8 Å². The lowest BCUT2D eigenvalue weighted by atomic mass is 10.0. The van der Waals surface area contributed by atoms with Crippen molar-refractivity contribution >= 4 is 41.8 Å². The molecule has 2 unspecified atom stereocenters. The number of hydrogen-bond acceptors (Lipinski definition) is 5. The van der Waals surface area contributed by atoms with Gasteiger partial charge in [-0.25, -0.2) is 0 Å². The summed E-state index contributed by atoms with van der Waals surface area (Å²) in [5.74, 6) is 3.59. The van der Waals surface area contributed by atoms with Crippen molar-refractivity contribution in [3.05, 3.63) is 29.8 Å². The molecule has 2 aliphatic rings. The number of rotatable bonds is 6. The number of amides is 1. The van der Waals surface area contributed by atoms with E-state index in [0.717, 1.165) is 25.0 Å². The minimum absolute atomic E-state index is 0. The monoisotopic (exact) mass is 402 g/mol. The van der Waals surface area contributed by atoms with Gasteiger partial charge in [-0.1, -0.05) is 18.6 Å². The Labute approximate surface area is 164 Å². The van der Waals surface area contributed by atoms with Crippen molar-refractivity contribution in [3.8, 4) is 5.75 Å². The number of ether oxygens (including phenoxy) is 1. The molecule has 1 aliphatic carbocycles. The van der Waals surface area contributed by atoms with E-state index in [9.17, 15) is 4.79 Å². The molecule has 2 atom stereocenters. The number of hydrogen-bond donors (Lipinski definition) is 2. The summed E-state index contributed by atoms with van der Waals surface area (Å²) < 4.78 is 6.17. The Kier molecular flexibility index (Phi) is 8.76. The number of nitrogens with two attached hydrogens (primary N) is 1. The summed E-state index contributed by atoms with van der Waals surface area (Å²) in [6.07, 6.45) is 4.58. The summed E-state index contributed by atoms with van der Waals surface area (Å²) in [4.78, 5) is 12.1. The molecule has 25 heavy (non-hydrogen) atoms. The minimum Gasteiger partial charge on any atom is -0.484 e. The predicted molar refractivity (Wildman–Crippen MR) is 110 cm³/mol. The van der Waals surface area contributed by atoms with E-state index in [2.05, 4.69) is 17.4 Å². The van der Waals surface area contributed by atoms with Gasteiger partial charge in [-0.2, -0.15) is 0 Å². The Morgan fingerprint density at radius 2 is 1.88 bits per heavy atom. The van der Waals surface area contributed by atoms with Gasteiger partial charge in [-0.15, -0.1) is 35.9 Å². The molecule has 3 N–H and O–H groups in total. The highest BCUT2D eigenvalue weighted by molar-refractivity contribution is 8.16. The maximum Gasteiger partial charge on any atom is 0.258 e. The van der Waals surface area contributed by atoms with Crippen molar-refractivity contribution < 1.29 is 9.53 Å². The molecule has 1 aromatic rings. The zero-order chi connectivity index (χ0) is 16.8. The second-order valence-corrected chi connectivity index (χ2v) is 9.11. The van der Waals surface area contributed by atoms with Crippen LogP contribution in [-0.2, 0) is 4.79 Å². The number of halogens is 1. The normalized spacial score (nSPS) is 23.7. The van der Waals surface area contributed by atoms with Gasteiger partial charge in [0.05, 0.1) is 4.58 Å². The molecular weight excluding hydrogens is 376 g/mol. The first kappa shape index (κ1) is 20.7. The Balaban J connectivity index is 0.00000225. The Morgan fingerprint density at radius 1 is 1.16 bits per heavy atom.